The van der Waals surface area contributed by atoms with Crippen molar-refractivity contribution in [2.24, 2.45) is 5.41 Å². The molecule has 326 valence electrons. The second-order valence-electron chi connectivity index (χ2n) is 15.9. The molecule has 0 aliphatic carbocycles. The smallest absolute Gasteiger partial charge is 0.274 e. The molecule has 18 heteroatoms. The predicted octanol–water partition coefficient (Wildman–Crippen LogP) is 3.28. The minimum Gasteiger partial charge on any atom is -0.496 e. The molecule has 4 amide bonds. The quantitative estimate of drug-likeness (QED) is 0.147. The second kappa shape index (κ2) is 20.3. The van der Waals surface area contributed by atoms with Crippen molar-refractivity contribution in [1.29, 1.82) is 5.26 Å². The number of nitriles is 1. The van der Waals surface area contributed by atoms with Crippen LogP contribution >= 0.6 is 0 Å². The number of likely N-dealkylation sites (tertiary alicyclic amines) is 1. The van der Waals surface area contributed by atoms with Gasteiger partial charge in [0.1, 0.15) is 36.5 Å². The average molecular weight is 852 g/mol. The Labute approximate surface area is 358 Å². The molecular formula is C44H50FN9O8. The Kier molecular flexibility index (Phi) is 14.8. The van der Waals surface area contributed by atoms with E-state index in [9.17, 15) is 33.9 Å². The fraction of sp³-hybridized carbons (Fsp3) is 0.409. The average Bonchev–Trinajstić information content (AvgIpc) is 3.72. The Morgan fingerprint density at radius 2 is 1.74 bits per heavy atom. The number of nitrogens with zero attached hydrogens (tertiary/aromatic N) is 7. The molecule has 4 aromatic rings. The SMILES string of the molecule is COc1cccc(F)c1-c1nccc(C(=O)Nc2ccc(-c3cnccc3C#N)cc2N2CCN(C(=O)COCCOCC(=O)N[C@H](C(=O)N3CC[C@@H](O)C3)C(C)(C)C)CC2)n1. The Hall–Kier alpha value is -6.55. The first-order valence-corrected chi connectivity index (χ1v) is 20.2. The minimum absolute atomic E-state index is 0.0146. The molecule has 4 heterocycles. The number of ether oxygens (including phenoxy) is 3. The van der Waals surface area contributed by atoms with Gasteiger partial charge in [-0.15, -0.1) is 0 Å². The van der Waals surface area contributed by atoms with Crippen LogP contribution in [0.5, 0.6) is 5.75 Å². The van der Waals surface area contributed by atoms with Crippen molar-refractivity contribution in [3.05, 3.63) is 84.2 Å². The number of carbonyl (C=O) groups excluding carboxylic acids is 4. The number of methoxy groups -OCH3 is 1. The Morgan fingerprint density at radius 1 is 0.984 bits per heavy atom. The highest BCUT2D eigenvalue weighted by Crippen LogP contribution is 2.35. The topological polar surface area (TPSA) is 212 Å². The molecule has 2 fully saturated rings. The fourth-order valence-electron chi connectivity index (χ4n) is 7.18. The maximum Gasteiger partial charge on any atom is 0.274 e. The lowest BCUT2D eigenvalue weighted by Crippen LogP contribution is -2.55. The zero-order chi connectivity index (χ0) is 44.4. The van der Waals surface area contributed by atoms with E-state index < -0.39 is 35.2 Å². The van der Waals surface area contributed by atoms with Gasteiger partial charge in [-0.2, -0.15) is 5.26 Å². The highest BCUT2D eigenvalue weighted by molar-refractivity contribution is 6.05. The van der Waals surface area contributed by atoms with Gasteiger partial charge in [0, 0.05) is 63.4 Å². The van der Waals surface area contributed by atoms with E-state index in [1.54, 1.807) is 40.3 Å². The summed E-state index contributed by atoms with van der Waals surface area (Å²) in [7, 11) is 1.40. The first kappa shape index (κ1) is 45.0. The summed E-state index contributed by atoms with van der Waals surface area (Å²) in [6.07, 6.45) is 4.43. The molecule has 2 aliphatic rings. The molecular weight excluding hydrogens is 802 g/mol. The van der Waals surface area contributed by atoms with Crippen LogP contribution in [0.4, 0.5) is 15.8 Å². The number of aliphatic hydroxyl groups excluding tert-OH is 1. The summed E-state index contributed by atoms with van der Waals surface area (Å²) < 4.78 is 31.2. The molecule has 2 aromatic heterocycles. The molecule has 2 aliphatic heterocycles. The molecule has 6 rings (SSSR count). The Balaban J connectivity index is 1.04. The first-order valence-electron chi connectivity index (χ1n) is 20.2. The fourth-order valence-corrected chi connectivity index (χ4v) is 7.18. The van der Waals surface area contributed by atoms with Gasteiger partial charge in [0.2, 0.25) is 17.7 Å². The molecule has 0 saturated carbocycles. The van der Waals surface area contributed by atoms with E-state index in [4.69, 9.17) is 14.2 Å². The van der Waals surface area contributed by atoms with Crippen LogP contribution in [0.25, 0.3) is 22.5 Å². The third-order valence-corrected chi connectivity index (χ3v) is 10.5. The van der Waals surface area contributed by atoms with E-state index in [0.717, 1.165) is 0 Å². The van der Waals surface area contributed by atoms with Crippen molar-refractivity contribution in [2.45, 2.75) is 39.3 Å². The normalized spacial score (nSPS) is 15.8. The molecule has 62 heavy (non-hydrogen) atoms. The number of amides is 4. The number of β-amino-alcohol motifs (C(OH)–C–C–N with tert-alkyl or cyclic N) is 1. The molecule has 3 N–H and O–H groups in total. The lowest BCUT2D eigenvalue weighted by molar-refractivity contribution is -0.140. The molecule has 0 unspecified atom stereocenters. The van der Waals surface area contributed by atoms with Gasteiger partial charge < -0.3 is 44.7 Å². The number of carbonyl (C=O) groups is 4. The second-order valence-corrected chi connectivity index (χ2v) is 15.9. The molecule has 0 spiro atoms. The van der Waals surface area contributed by atoms with Crippen LogP contribution in [0.2, 0.25) is 0 Å². The highest BCUT2D eigenvalue weighted by Gasteiger charge is 2.38. The summed E-state index contributed by atoms with van der Waals surface area (Å²) in [5.41, 5.74) is 2.23. The van der Waals surface area contributed by atoms with Gasteiger partial charge in [0.25, 0.3) is 5.91 Å². The lowest BCUT2D eigenvalue weighted by atomic mass is 9.85. The Bertz CT molecular complexity index is 2310. The number of halogens is 1. The van der Waals surface area contributed by atoms with Gasteiger partial charge in [-0.05, 0) is 53.8 Å². The number of aromatic nitrogens is 3. The van der Waals surface area contributed by atoms with Gasteiger partial charge in [0.05, 0.1) is 55.0 Å². The number of pyridine rings is 1. The van der Waals surface area contributed by atoms with Crippen LogP contribution in [0, 0.1) is 22.6 Å². The summed E-state index contributed by atoms with van der Waals surface area (Å²) >= 11 is 0. The van der Waals surface area contributed by atoms with E-state index in [0.29, 0.717) is 67.2 Å². The summed E-state index contributed by atoms with van der Waals surface area (Å²) in [4.78, 5) is 70.6. The number of rotatable bonds is 15. The summed E-state index contributed by atoms with van der Waals surface area (Å²) in [5.74, 6) is -1.94. The van der Waals surface area contributed by atoms with Crippen LogP contribution < -0.4 is 20.3 Å². The van der Waals surface area contributed by atoms with E-state index in [1.807, 2.05) is 31.7 Å². The van der Waals surface area contributed by atoms with Gasteiger partial charge in [-0.1, -0.05) is 32.9 Å². The number of aliphatic hydroxyl groups is 1. The number of piperazine rings is 1. The van der Waals surface area contributed by atoms with Crippen LogP contribution in [0.1, 0.15) is 43.2 Å². The van der Waals surface area contributed by atoms with Crippen molar-refractivity contribution in [2.75, 3.05) is 83.0 Å². The number of benzene rings is 2. The van der Waals surface area contributed by atoms with Gasteiger partial charge >= 0.3 is 0 Å². The molecule has 0 bridgehead atoms. The van der Waals surface area contributed by atoms with Crippen molar-refractivity contribution < 1.29 is 42.9 Å². The monoisotopic (exact) mass is 851 g/mol. The molecule has 0 radical (unpaired) electrons. The summed E-state index contributed by atoms with van der Waals surface area (Å²) in [6.45, 7) is 7.32. The van der Waals surface area contributed by atoms with Crippen molar-refractivity contribution in [3.8, 4) is 34.3 Å². The third kappa shape index (κ3) is 11.0. The lowest BCUT2D eigenvalue weighted by Gasteiger charge is -2.37. The molecule has 2 atom stereocenters. The number of hydrogen-bond acceptors (Lipinski definition) is 13. The largest absolute Gasteiger partial charge is 0.496 e. The zero-order valence-electron chi connectivity index (χ0n) is 35.1. The molecule has 2 aromatic carbocycles. The number of nitrogens with one attached hydrogen (secondary N) is 2. The van der Waals surface area contributed by atoms with Gasteiger partial charge in [-0.25, -0.2) is 14.4 Å². The number of hydrogen-bond donors (Lipinski definition) is 3. The van der Waals surface area contributed by atoms with Crippen LogP contribution in [-0.2, 0) is 23.9 Å². The Morgan fingerprint density at radius 3 is 2.44 bits per heavy atom. The maximum atomic E-state index is 14.9. The third-order valence-electron chi connectivity index (χ3n) is 10.5. The predicted molar refractivity (Wildman–Crippen MR) is 225 cm³/mol. The van der Waals surface area contributed by atoms with Crippen LogP contribution in [-0.4, -0.2) is 138 Å². The summed E-state index contributed by atoms with van der Waals surface area (Å²) in [5, 5.41) is 25.3. The summed E-state index contributed by atoms with van der Waals surface area (Å²) in [6, 6.07) is 14.1. The minimum atomic E-state index is -0.790. The van der Waals surface area contributed by atoms with Crippen molar-refractivity contribution >= 4 is 35.0 Å². The molecule has 2 saturated heterocycles. The maximum absolute atomic E-state index is 14.9. The zero-order valence-corrected chi connectivity index (χ0v) is 35.1. The van der Waals surface area contributed by atoms with E-state index in [1.165, 1.54) is 37.7 Å². The highest BCUT2D eigenvalue weighted by atomic mass is 19.1. The van der Waals surface area contributed by atoms with Crippen LogP contribution in [0.15, 0.2) is 67.1 Å². The van der Waals surface area contributed by atoms with E-state index in [2.05, 4.69) is 31.7 Å². The molecule has 17 nitrogen and oxygen atoms in total. The van der Waals surface area contributed by atoms with Crippen LogP contribution in [0.3, 0.4) is 0 Å². The van der Waals surface area contributed by atoms with E-state index in [-0.39, 0.29) is 67.6 Å². The van der Waals surface area contributed by atoms with Gasteiger partial charge in [0.15, 0.2) is 5.82 Å². The van der Waals surface area contributed by atoms with E-state index >= 15 is 0 Å². The van der Waals surface area contributed by atoms with Gasteiger partial charge in [-0.3, -0.25) is 24.2 Å². The standard InChI is InChI=1S/C44H50FN9O8/c1-44(2,3)40(43(59)54-15-12-30(55)25-54)51-37(56)26-61-20-21-62-27-38(57)53-18-16-52(17-19-53)35-22-28(31-24-47-13-10-29(31)23-46)8-9-33(35)50-42(58)34-11-14-48-41(49-34)39-32(45)6-5-7-36(39)60-4/h5-11,13-14,22,24,30,40,55H,12,15-21,25-27H2,1-4H3,(H,50,58)(H,51,56)/t30-,40-/m1/s1. The number of anilines is 2. The first-order chi connectivity index (χ1) is 29.8. The van der Waals surface area contributed by atoms with Crippen molar-refractivity contribution in [1.82, 2.24) is 30.1 Å². The van der Waals surface area contributed by atoms with Crippen molar-refractivity contribution in [3.63, 3.8) is 0 Å².